The zero-order valence-corrected chi connectivity index (χ0v) is 14.1. The Hall–Kier alpha value is -1.66. The standard InChI is InChI=1S/C17H27FN4O/c1-3-19-7-8-20-17(23)14-5-6-16(15(18)13-14)22-11-9-21(4-2)10-12-22/h5-6,13,19H,3-4,7-12H2,1-2H3,(H,20,23). The van der Waals surface area contributed by atoms with Crippen LogP contribution in [-0.2, 0) is 0 Å². The Morgan fingerprint density at radius 2 is 1.91 bits per heavy atom. The van der Waals surface area contributed by atoms with Crippen LogP contribution in [0.15, 0.2) is 18.2 Å². The lowest BCUT2D eigenvalue weighted by Crippen LogP contribution is -2.46. The SMILES string of the molecule is CCNCCNC(=O)c1ccc(N2CCN(CC)CC2)c(F)c1. The highest BCUT2D eigenvalue weighted by Gasteiger charge is 2.19. The number of halogens is 1. The average Bonchev–Trinajstić information content (AvgIpc) is 2.58. The number of hydrogen-bond acceptors (Lipinski definition) is 4. The van der Waals surface area contributed by atoms with E-state index in [0.29, 0.717) is 24.3 Å². The topological polar surface area (TPSA) is 47.6 Å². The van der Waals surface area contributed by atoms with Crippen molar-refractivity contribution in [3.63, 3.8) is 0 Å². The predicted molar refractivity (Wildman–Crippen MR) is 91.6 cm³/mol. The fourth-order valence-electron chi connectivity index (χ4n) is 2.75. The Labute approximate surface area is 137 Å². The van der Waals surface area contributed by atoms with Crippen molar-refractivity contribution in [3.05, 3.63) is 29.6 Å². The molecule has 0 radical (unpaired) electrons. The van der Waals surface area contributed by atoms with Crippen molar-refractivity contribution in [3.8, 4) is 0 Å². The van der Waals surface area contributed by atoms with Crippen molar-refractivity contribution in [2.75, 3.05) is 57.3 Å². The van der Waals surface area contributed by atoms with E-state index in [1.54, 1.807) is 12.1 Å². The summed E-state index contributed by atoms with van der Waals surface area (Å²) in [5.74, 6) is -0.557. The first-order valence-electron chi connectivity index (χ1n) is 8.41. The number of carbonyl (C=O) groups excluding carboxylic acids is 1. The van der Waals surface area contributed by atoms with Gasteiger partial charge in [-0.05, 0) is 31.3 Å². The van der Waals surface area contributed by atoms with E-state index in [4.69, 9.17) is 0 Å². The molecule has 0 bridgehead atoms. The van der Waals surface area contributed by atoms with Crippen LogP contribution in [0.25, 0.3) is 0 Å². The molecule has 6 heteroatoms. The van der Waals surface area contributed by atoms with Crippen LogP contribution in [-0.4, -0.2) is 63.2 Å². The van der Waals surface area contributed by atoms with E-state index in [-0.39, 0.29) is 11.7 Å². The molecule has 1 aliphatic heterocycles. The predicted octanol–water partition coefficient (Wildman–Crippen LogP) is 1.31. The van der Waals surface area contributed by atoms with Gasteiger partial charge >= 0.3 is 0 Å². The molecule has 0 spiro atoms. The molecule has 0 aliphatic carbocycles. The molecule has 1 saturated heterocycles. The van der Waals surface area contributed by atoms with E-state index in [2.05, 4.69) is 22.5 Å². The van der Waals surface area contributed by atoms with Gasteiger partial charge in [-0.3, -0.25) is 4.79 Å². The van der Waals surface area contributed by atoms with Crippen molar-refractivity contribution >= 4 is 11.6 Å². The number of anilines is 1. The molecule has 1 aliphatic rings. The van der Waals surface area contributed by atoms with Crippen LogP contribution < -0.4 is 15.5 Å². The van der Waals surface area contributed by atoms with Crippen molar-refractivity contribution in [1.82, 2.24) is 15.5 Å². The number of nitrogens with zero attached hydrogens (tertiary/aromatic N) is 2. The summed E-state index contributed by atoms with van der Waals surface area (Å²) >= 11 is 0. The fraction of sp³-hybridized carbons (Fsp3) is 0.588. The second kappa shape index (κ2) is 8.84. The van der Waals surface area contributed by atoms with E-state index in [1.807, 2.05) is 11.8 Å². The van der Waals surface area contributed by atoms with Gasteiger partial charge in [0.2, 0.25) is 0 Å². The Kier molecular flexibility index (Phi) is 6.80. The summed E-state index contributed by atoms with van der Waals surface area (Å²) in [6.45, 7) is 10.8. The van der Waals surface area contributed by atoms with Crippen molar-refractivity contribution in [2.45, 2.75) is 13.8 Å². The van der Waals surface area contributed by atoms with Crippen LogP contribution in [0.2, 0.25) is 0 Å². The maximum Gasteiger partial charge on any atom is 0.251 e. The van der Waals surface area contributed by atoms with Crippen LogP contribution in [0.3, 0.4) is 0 Å². The molecule has 1 heterocycles. The van der Waals surface area contributed by atoms with E-state index >= 15 is 0 Å². The molecule has 1 aromatic carbocycles. The second-order valence-electron chi connectivity index (χ2n) is 5.70. The molecule has 1 aromatic rings. The number of nitrogens with one attached hydrogen (secondary N) is 2. The van der Waals surface area contributed by atoms with Gasteiger partial charge in [0.05, 0.1) is 5.69 Å². The molecular formula is C17H27FN4O. The number of benzene rings is 1. The van der Waals surface area contributed by atoms with Crippen LogP contribution in [0, 0.1) is 5.82 Å². The smallest absolute Gasteiger partial charge is 0.251 e. The van der Waals surface area contributed by atoms with Crippen LogP contribution in [0.1, 0.15) is 24.2 Å². The van der Waals surface area contributed by atoms with E-state index in [1.165, 1.54) is 6.07 Å². The molecule has 5 nitrogen and oxygen atoms in total. The lowest BCUT2D eigenvalue weighted by molar-refractivity contribution is 0.0953. The number of piperazine rings is 1. The molecule has 0 saturated carbocycles. The van der Waals surface area contributed by atoms with Crippen LogP contribution >= 0.6 is 0 Å². The number of carbonyl (C=O) groups is 1. The third-order valence-electron chi connectivity index (χ3n) is 4.21. The monoisotopic (exact) mass is 322 g/mol. The molecule has 0 atom stereocenters. The molecule has 1 amide bonds. The molecule has 128 valence electrons. The highest BCUT2D eigenvalue weighted by molar-refractivity contribution is 5.94. The molecule has 23 heavy (non-hydrogen) atoms. The average molecular weight is 322 g/mol. The van der Waals surface area contributed by atoms with Gasteiger partial charge < -0.3 is 20.4 Å². The quantitative estimate of drug-likeness (QED) is 0.743. The summed E-state index contributed by atoms with van der Waals surface area (Å²) in [5.41, 5.74) is 0.958. The Balaban J connectivity index is 1.94. The minimum absolute atomic E-state index is 0.232. The zero-order chi connectivity index (χ0) is 16.7. The maximum absolute atomic E-state index is 14.4. The summed E-state index contributed by atoms with van der Waals surface area (Å²) in [6.07, 6.45) is 0. The van der Waals surface area contributed by atoms with Gasteiger partial charge in [0.1, 0.15) is 5.82 Å². The van der Waals surface area contributed by atoms with Gasteiger partial charge in [0, 0.05) is 44.8 Å². The first kappa shape index (κ1) is 17.7. The number of amides is 1. The molecule has 0 unspecified atom stereocenters. The van der Waals surface area contributed by atoms with Crippen LogP contribution in [0.4, 0.5) is 10.1 Å². The lowest BCUT2D eigenvalue weighted by Gasteiger charge is -2.35. The lowest BCUT2D eigenvalue weighted by atomic mass is 10.1. The van der Waals surface area contributed by atoms with Gasteiger partial charge in [0.25, 0.3) is 5.91 Å². The Morgan fingerprint density at radius 3 is 2.52 bits per heavy atom. The highest BCUT2D eigenvalue weighted by atomic mass is 19.1. The fourth-order valence-corrected chi connectivity index (χ4v) is 2.75. The molecule has 0 aromatic heterocycles. The van der Waals surface area contributed by atoms with Gasteiger partial charge in [-0.1, -0.05) is 13.8 Å². The number of likely N-dealkylation sites (N-methyl/N-ethyl adjacent to an activating group) is 2. The van der Waals surface area contributed by atoms with E-state index in [0.717, 1.165) is 39.3 Å². The first-order valence-corrected chi connectivity index (χ1v) is 8.41. The zero-order valence-electron chi connectivity index (χ0n) is 14.1. The third kappa shape index (κ3) is 4.91. The van der Waals surface area contributed by atoms with Crippen molar-refractivity contribution < 1.29 is 9.18 Å². The normalized spacial score (nSPS) is 15.7. The van der Waals surface area contributed by atoms with Gasteiger partial charge in [-0.15, -0.1) is 0 Å². The summed E-state index contributed by atoms with van der Waals surface area (Å²) in [6, 6.07) is 4.76. The Bertz CT molecular complexity index is 515. The molecule has 2 rings (SSSR count). The first-order chi connectivity index (χ1) is 11.2. The van der Waals surface area contributed by atoms with E-state index < -0.39 is 0 Å². The van der Waals surface area contributed by atoms with Gasteiger partial charge in [-0.2, -0.15) is 0 Å². The summed E-state index contributed by atoms with van der Waals surface area (Å²) in [4.78, 5) is 16.4. The maximum atomic E-state index is 14.4. The second-order valence-corrected chi connectivity index (χ2v) is 5.70. The largest absolute Gasteiger partial charge is 0.367 e. The Morgan fingerprint density at radius 1 is 1.17 bits per heavy atom. The minimum Gasteiger partial charge on any atom is -0.367 e. The minimum atomic E-state index is -0.325. The summed E-state index contributed by atoms with van der Waals surface area (Å²) < 4.78 is 14.4. The molecule has 2 N–H and O–H groups in total. The summed E-state index contributed by atoms with van der Waals surface area (Å²) in [7, 11) is 0. The molecule has 1 fully saturated rings. The van der Waals surface area contributed by atoms with Crippen LogP contribution in [0.5, 0.6) is 0 Å². The van der Waals surface area contributed by atoms with Gasteiger partial charge in [-0.25, -0.2) is 4.39 Å². The van der Waals surface area contributed by atoms with Crippen molar-refractivity contribution in [2.24, 2.45) is 0 Å². The highest BCUT2D eigenvalue weighted by Crippen LogP contribution is 2.22. The molecular weight excluding hydrogens is 295 g/mol. The third-order valence-corrected chi connectivity index (χ3v) is 4.21. The van der Waals surface area contributed by atoms with Crippen molar-refractivity contribution in [1.29, 1.82) is 0 Å². The summed E-state index contributed by atoms with van der Waals surface area (Å²) in [5, 5.41) is 5.91. The van der Waals surface area contributed by atoms with E-state index in [9.17, 15) is 9.18 Å². The van der Waals surface area contributed by atoms with Gasteiger partial charge in [0.15, 0.2) is 0 Å². The number of rotatable bonds is 7. The number of hydrogen-bond donors (Lipinski definition) is 2.